The highest BCUT2D eigenvalue weighted by molar-refractivity contribution is 5.62. The minimum absolute atomic E-state index is 0.141. The minimum Gasteiger partial charge on any atom is -0.379 e. The van der Waals surface area contributed by atoms with Gasteiger partial charge in [0.15, 0.2) is 0 Å². The molecule has 0 radical (unpaired) electrons. The van der Waals surface area contributed by atoms with Crippen LogP contribution >= 0.6 is 0 Å². The van der Waals surface area contributed by atoms with E-state index < -0.39 is 22.2 Å². The summed E-state index contributed by atoms with van der Waals surface area (Å²) in [6.45, 7) is 5.24. The van der Waals surface area contributed by atoms with Crippen LogP contribution < -0.4 is 5.32 Å². The summed E-state index contributed by atoms with van der Waals surface area (Å²) >= 11 is 0. The number of benzene rings is 1. The fraction of sp³-hybridized carbons (Fsp3) is 0.538. The summed E-state index contributed by atoms with van der Waals surface area (Å²) in [4.78, 5) is 12.2. The van der Waals surface area contributed by atoms with Crippen molar-refractivity contribution >= 4 is 11.4 Å². The first-order chi connectivity index (χ1) is 9.97. The molecule has 0 aliphatic carbocycles. The van der Waals surface area contributed by atoms with Gasteiger partial charge in [-0.25, -0.2) is 4.39 Å². The third-order valence-corrected chi connectivity index (χ3v) is 3.25. The summed E-state index contributed by atoms with van der Waals surface area (Å²) in [5, 5.41) is 13.7. The number of halogens is 2. The van der Waals surface area contributed by atoms with Crippen LogP contribution in [0.25, 0.3) is 0 Å². The number of nitrogens with zero attached hydrogens (tertiary/aromatic N) is 2. The number of nitro benzene ring substituents is 1. The molecule has 0 spiro atoms. The average molecular weight is 301 g/mol. The predicted octanol–water partition coefficient (Wildman–Crippen LogP) is 2.01. The van der Waals surface area contributed by atoms with E-state index in [-0.39, 0.29) is 11.7 Å². The highest BCUT2D eigenvalue weighted by Crippen LogP contribution is 2.29. The molecule has 1 saturated heterocycles. The van der Waals surface area contributed by atoms with Crippen LogP contribution in [0.4, 0.5) is 20.2 Å². The summed E-state index contributed by atoms with van der Waals surface area (Å²) in [6, 6.07) is 1.26. The maximum Gasteiger partial charge on any atom is 0.327 e. The van der Waals surface area contributed by atoms with Crippen molar-refractivity contribution in [1.82, 2.24) is 4.90 Å². The van der Waals surface area contributed by atoms with Gasteiger partial charge in [-0.2, -0.15) is 4.39 Å². The van der Waals surface area contributed by atoms with Crippen molar-refractivity contribution in [3.05, 3.63) is 33.9 Å². The van der Waals surface area contributed by atoms with E-state index in [4.69, 9.17) is 4.74 Å². The summed E-state index contributed by atoms with van der Waals surface area (Å²) in [6.07, 6.45) is 0. The molecule has 1 aromatic carbocycles. The number of hydrogen-bond donors (Lipinski definition) is 1. The molecule has 116 valence electrons. The topological polar surface area (TPSA) is 67.6 Å². The molecule has 21 heavy (non-hydrogen) atoms. The fourth-order valence-electron chi connectivity index (χ4n) is 2.34. The molecule has 1 N–H and O–H groups in total. The number of anilines is 1. The molecular formula is C13H17F2N3O3. The van der Waals surface area contributed by atoms with Gasteiger partial charge in [0.1, 0.15) is 11.5 Å². The molecule has 1 unspecified atom stereocenters. The number of nitro groups is 1. The summed E-state index contributed by atoms with van der Waals surface area (Å²) in [5.41, 5.74) is -0.872. The molecule has 2 rings (SSSR count). The lowest BCUT2D eigenvalue weighted by Crippen LogP contribution is -2.42. The van der Waals surface area contributed by atoms with Gasteiger partial charge in [-0.1, -0.05) is 0 Å². The second-order valence-corrected chi connectivity index (χ2v) is 5.00. The molecule has 1 fully saturated rings. The van der Waals surface area contributed by atoms with Crippen molar-refractivity contribution in [2.75, 3.05) is 38.2 Å². The van der Waals surface area contributed by atoms with Crippen molar-refractivity contribution in [1.29, 1.82) is 0 Å². The molecule has 6 nitrogen and oxygen atoms in total. The predicted molar refractivity (Wildman–Crippen MR) is 73.4 cm³/mol. The number of nitrogens with one attached hydrogen (secondary N) is 1. The SMILES string of the molecule is CC(CN1CCOCC1)Nc1cc(F)cc(F)c1[N+](=O)[O-]. The summed E-state index contributed by atoms with van der Waals surface area (Å²) in [7, 11) is 0. The molecule has 1 aromatic rings. The van der Waals surface area contributed by atoms with Gasteiger partial charge in [0, 0.05) is 37.8 Å². The molecule has 8 heteroatoms. The van der Waals surface area contributed by atoms with Crippen LogP contribution in [-0.2, 0) is 4.74 Å². The Morgan fingerprint density at radius 1 is 1.43 bits per heavy atom. The normalized spacial score (nSPS) is 17.5. The monoisotopic (exact) mass is 301 g/mol. The first kappa shape index (κ1) is 15.6. The molecular weight excluding hydrogens is 284 g/mol. The number of rotatable bonds is 5. The lowest BCUT2D eigenvalue weighted by molar-refractivity contribution is -0.386. The largest absolute Gasteiger partial charge is 0.379 e. The number of ether oxygens (including phenoxy) is 1. The van der Waals surface area contributed by atoms with Crippen LogP contribution in [0.1, 0.15) is 6.92 Å². The molecule has 0 bridgehead atoms. The Morgan fingerprint density at radius 2 is 2.10 bits per heavy atom. The zero-order valence-electron chi connectivity index (χ0n) is 11.6. The zero-order chi connectivity index (χ0) is 15.4. The van der Waals surface area contributed by atoms with Crippen molar-refractivity contribution in [2.45, 2.75) is 13.0 Å². The van der Waals surface area contributed by atoms with E-state index in [1.807, 2.05) is 6.92 Å². The van der Waals surface area contributed by atoms with Crippen molar-refractivity contribution in [3.8, 4) is 0 Å². The van der Waals surface area contributed by atoms with Gasteiger partial charge in [-0.3, -0.25) is 15.0 Å². The average Bonchev–Trinajstić information content (AvgIpc) is 2.38. The highest BCUT2D eigenvalue weighted by Gasteiger charge is 2.23. The molecule has 1 heterocycles. The summed E-state index contributed by atoms with van der Waals surface area (Å²) < 4.78 is 32.0. The Bertz CT molecular complexity index is 522. The first-order valence-electron chi connectivity index (χ1n) is 6.67. The maximum atomic E-state index is 13.5. The third-order valence-electron chi connectivity index (χ3n) is 3.25. The van der Waals surface area contributed by atoms with Crippen LogP contribution in [-0.4, -0.2) is 48.7 Å². The smallest absolute Gasteiger partial charge is 0.327 e. The molecule has 0 amide bonds. The first-order valence-corrected chi connectivity index (χ1v) is 6.67. The van der Waals surface area contributed by atoms with Gasteiger partial charge < -0.3 is 10.1 Å². The number of morpholine rings is 1. The molecule has 1 aliphatic rings. The summed E-state index contributed by atoms with van der Waals surface area (Å²) in [5.74, 6) is -2.03. The molecule has 1 aliphatic heterocycles. The van der Waals surface area contributed by atoms with E-state index in [9.17, 15) is 18.9 Å². The lowest BCUT2D eigenvalue weighted by Gasteiger charge is -2.29. The second kappa shape index (κ2) is 6.77. The van der Waals surface area contributed by atoms with Gasteiger partial charge in [-0.05, 0) is 6.92 Å². The Balaban J connectivity index is 2.08. The Morgan fingerprint density at radius 3 is 2.71 bits per heavy atom. The fourth-order valence-corrected chi connectivity index (χ4v) is 2.34. The molecule has 1 atom stereocenters. The quantitative estimate of drug-likeness (QED) is 0.665. The van der Waals surface area contributed by atoms with E-state index in [1.165, 1.54) is 0 Å². The van der Waals surface area contributed by atoms with E-state index >= 15 is 0 Å². The number of hydrogen-bond acceptors (Lipinski definition) is 5. The van der Waals surface area contributed by atoms with E-state index in [2.05, 4.69) is 10.2 Å². The Hall–Kier alpha value is -1.80. The second-order valence-electron chi connectivity index (χ2n) is 5.00. The van der Waals surface area contributed by atoms with Gasteiger partial charge in [0.2, 0.25) is 5.82 Å². The van der Waals surface area contributed by atoms with Gasteiger partial charge >= 0.3 is 5.69 Å². The van der Waals surface area contributed by atoms with Gasteiger partial charge in [0.25, 0.3) is 0 Å². The van der Waals surface area contributed by atoms with Crippen molar-refractivity contribution < 1.29 is 18.4 Å². The molecule has 0 saturated carbocycles. The molecule has 0 aromatic heterocycles. The minimum atomic E-state index is -1.18. The van der Waals surface area contributed by atoms with Gasteiger partial charge in [0.05, 0.1) is 18.1 Å². The van der Waals surface area contributed by atoms with E-state index in [0.717, 1.165) is 19.2 Å². The standard InChI is InChI=1S/C13H17F2N3O3/c1-9(8-17-2-4-21-5-3-17)16-12-7-10(14)6-11(15)13(12)18(19)20/h6-7,9,16H,2-5,8H2,1H3. The van der Waals surface area contributed by atoms with Gasteiger partial charge in [-0.15, -0.1) is 0 Å². The van der Waals surface area contributed by atoms with Crippen LogP contribution in [0.2, 0.25) is 0 Å². The third kappa shape index (κ3) is 4.08. The van der Waals surface area contributed by atoms with Crippen LogP contribution in [0.3, 0.4) is 0 Å². The maximum absolute atomic E-state index is 13.5. The zero-order valence-corrected chi connectivity index (χ0v) is 11.6. The highest BCUT2D eigenvalue weighted by atomic mass is 19.1. The van der Waals surface area contributed by atoms with Crippen molar-refractivity contribution in [2.24, 2.45) is 0 Å². The van der Waals surface area contributed by atoms with Crippen LogP contribution in [0.15, 0.2) is 12.1 Å². The van der Waals surface area contributed by atoms with Crippen LogP contribution in [0.5, 0.6) is 0 Å². The Kier molecular flexibility index (Phi) is 5.03. The van der Waals surface area contributed by atoms with Crippen LogP contribution in [0, 0.1) is 21.7 Å². The van der Waals surface area contributed by atoms with Crippen molar-refractivity contribution in [3.63, 3.8) is 0 Å². The van der Waals surface area contributed by atoms with E-state index in [1.54, 1.807) is 0 Å². The Labute approximate surface area is 120 Å². The lowest BCUT2D eigenvalue weighted by atomic mass is 10.2. The van der Waals surface area contributed by atoms with E-state index in [0.29, 0.717) is 25.8 Å².